The predicted octanol–water partition coefficient (Wildman–Crippen LogP) is 15.9. The molecule has 1 aliphatic rings. The first-order valence-electron chi connectivity index (χ1n) is 19.8. The zero-order valence-corrected chi connectivity index (χ0v) is 33.1. The number of hydrogen-bond acceptors (Lipinski definition) is 3. The molecule has 0 bridgehead atoms. The summed E-state index contributed by atoms with van der Waals surface area (Å²) in [6.07, 6.45) is 0. The van der Waals surface area contributed by atoms with Crippen LogP contribution in [0.25, 0.3) is 62.6 Å². The molecule has 1 nitrogen and oxygen atoms in total. The summed E-state index contributed by atoms with van der Waals surface area (Å²) in [6, 6.07) is 78.4. The lowest BCUT2D eigenvalue weighted by Crippen LogP contribution is -2.28. The predicted molar refractivity (Wildman–Crippen MR) is 250 cm³/mol. The van der Waals surface area contributed by atoms with Crippen LogP contribution in [0.1, 0.15) is 22.3 Å². The van der Waals surface area contributed by atoms with Crippen LogP contribution in [0.15, 0.2) is 212 Å². The summed E-state index contributed by atoms with van der Waals surface area (Å²) >= 11 is 3.83. The number of para-hydroxylation sites is 1. The molecule has 0 unspecified atom stereocenters. The molecule has 1 aliphatic carbocycles. The third kappa shape index (κ3) is 4.81. The Bertz CT molecular complexity index is 3290. The minimum absolute atomic E-state index is 0.472. The van der Waals surface area contributed by atoms with Crippen molar-refractivity contribution < 1.29 is 0 Å². The van der Waals surface area contributed by atoms with Crippen LogP contribution in [-0.4, -0.2) is 0 Å². The highest BCUT2D eigenvalue weighted by atomic mass is 32.1. The van der Waals surface area contributed by atoms with Crippen molar-refractivity contribution in [3.63, 3.8) is 0 Å². The fourth-order valence-corrected chi connectivity index (χ4v) is 12.3. The molecule has 2 aromatic heterocycles. The quantitative estimate of drug-likeness (QED) is 0.163. The van der Waals surface area contributed by atoms with E-state index < -0.39 is 5.41 Å². The summed E-state index contributed by atoms with van der Waals surface area (Å²) in [5.74, 6) is 0. The first kappa shape index (κ1) is 33.4. The molecule has 0 saturated heterocycles. The van der Waals surface area contributed by atoms with Crippen LogP contribution in [0.2, 0.25) is 0 Å². The highest BCUT2D eigenvalue weighted by molar-refractivity contribution is 7.30. The number of rotatable bonds is 6. The molecule has 0 spiro atoms. The summed E-state index contributed by atoms with van der Waals surface area (Å²) in [5.41, 5.74) is 13.1. The zero-order valence-electron chi connectivity index (χ0n) is 31.5. The number of fused-ring (bicyclic) bond motifs is 10. The van der Waals surface area contributed by atoms with Gasteiger partial charge < -0.3 is 4.90 Å². The van der Waals surface area contributed by atoms with E-state index in [0.717, 1.165) is 17.1 Å². The average Bonchev–Trinajstić information content (AvgIpc) is 3.96. The van der Waals surface area contributed by atoms with E-state index >= 15 is 0 Å². The second-order valence-electron chi connectivity index (χ2n) is 15.1. The Morgan fingerprint density at radius 2 is 0.948 bits per heavy atom. The fourth-order valence-electron chi connectivity index (χ4n) is 9.75. The number of hydrogen-bond donors (Lipinski definition) is 0. The molecule has 0 atom stereocenters. The number of nitrogens with zero attached hydrogens (tertiary/aromatic N) is 1. The molecule has 272 valence electrons. The van der Waals surface area contributed by atoms with Gasteiger partial charge in [-0.1, -0.05) is 170 Å². The van der Waals surface area contributed by atoms with Gasteiger partial charge in [0.2, 0.25) is 0 Å². The van der Waals surface area contributed by atoms with Crippen LogP contribution < -0.4 is 4.90 Å². The van der Waals surface area contributed by atoms with Gasteiger partial charge in [0.1, 0.15) is 0 Å². The van der Waals surface area contributed by atoms with Crippen LogP contribution in [0, 0.1) is 0 Å². The monoisotopic (exact) mass is 773 g/mol. The van der Waals surface area contributed by atoms with Crippen molar-refractivity contribution in [3.05, 3.63) is 235 Å². The van der Waals surface area contributed by atoms with E-state index in [1.807, 2.05) is 22.7 Å². The van der Waals surface area contributed by atoms with Gasteiger partial charge in [0.25, 0.3) is 0 Å². The highest BCUT2D eigenvalue weighted by Crippen LogP contribution is 2.59. The maximum atomic E-state index is 2.45. The van der Waals surface area contributed by atoms with E-state index in [2.05, 4.69) is 217 Å². The van der Waals surface area contributed by atoms with Gasteiger partial charge in [0, 0.05) is 57.3 Å². The largest absolute Gasteiger partial charge is 0.310 e. The third-order valence-corrected chi connectivity index (χ3v) is 14.6. The summed E-state index contributed by atoms with van der Waals surface area (Å²) < 4.78 is 5.42. The molecular weight excluding hydrogens is 739 g/mol. The van der Waals surface area contributed by atoms with E-state index in [-0.39, 0.29) is 0 Å². The normalized spacial score (nSPS) is 13.0. The lowest BCUT2D eigenvalue weighted by Gasteiger charge is -2.34. The molecule has 0 radical (unpaired) electrons. The molecule has 3 heteroatoms. The molecule has 0 aliphatic heterocycles. The van der Waals surface area contributed by atoms with Crippen LogP contribution in [0.4, 0.5) is 17.1 Å². The maximum absolute atomic E-state index is 2.45. The zero-order chi connectivity index (χ0) is 38.2. The maximum Gasteiger partial charge on any atom is 0.0714 e. The lowest BCUT2D eigenvalue weighted by molar-refractivity contribution is 0.768. The standard InChI is InChI=1S/C55H35NS2/c1-4-16-37(17-5-1)55(38-18-6-2-7-19-38)46-26-12-10-22-44(46)51-47(55)27-15-28-48(51)56(39-20-8-3-9-21-39)40-32-30-36(31-33-40)41-24-14-25-42-43-34-35-50-52(54(43)58-53(41)42)45-23-11-13-29-49(45)57-50/h1-35H. The van der Waals surface area contributed by atoms with Gasteiger partial charge >= 0.3 is 0 Å². The van der Waals surface area contributed by atoms with Crippen LogP contribution >= 0.6 is 22.7 Å². The summed E-state index contributed by atoms with van der Waals surface area (Å²) in [6.45, 7) is 0. The number of anilines is 3. The Labute approximate surface area is 345 Å². The number of thiophene rings is 2. The summed E-state index contributed by atoms with van der Waals surface area (Å²) in [4.78, 5) is 2.45. The smallest absolute Gasteiger partial charge is 0.0714 e. The average molecular weight is 774 g/mol. The van der Waals surface area contributed by atoms with Crippen LogP contribution in [0.3, 0.4) is 0 Å². The topological polar surface area (TPSA) is 3.24 Å². The molecule has 0 N–H and O–H groups in total. The van der Waals surface area contributed by atoms with Gasteiger partial charge in [-0.3, -0.25) is 0 Å². The molecule has 11 aromatic rings. The Morgan fingerprint density at radius 3 is 1.72 bits per heavy atom. The highest BCUT2D eigenvalue weighted by Gasteiger charge is 2.47. The number of benzene rings is 9. The van der Waals surface area contributed by atoms with Crippen molar-refractivity contribution >= 4 is 80.1 Å². The summed E-state index contributed by atoms with van der Waals surface area (Å²) in [7, 11) is 0. The molecule has 0 fully saturated rings. The Kier molecular flexibility index (Phi) is 7.56. The van der Waals surface area contributed by atoms with Gasteiger partial charge in [-0.05, 0) is 81.4 Å². The van der Waals surface area contributed by atoms with Crippen molar-refractivity contribution in [2.45, 2.75) is 5.41 Å². The van der Waals surface area contributed by atoms with E-state index in [1.165, 1.54) is 84.9 Å². The van der Waals surface area contributed by atoms with Crippen molar-refractivity contribution in [1.29, 1.82) is 0 Å². The van der Waals surface area contributed by atoms with Gasteiger partial charge in [-0.25, -0.2) is 0 Å². The van der Waals surface area contributed by atoms with Crippen molar-refractivity contribution in [2.24, 2.45) is 0 Å². The Hall–Kier alpha value is -6.78. The second-order valence-corrected chi connectivity index (χ2v) is 17.2. The van der Waals surface area contributed by atoms with E-state index in [4.69, 9.17) is 0 Å². The van der Waals surface area contributed by atoms with Crippen molar-refractivity contribution in [3.8, 4) is 22.3 Å². The molecule has 12 rings (SSSR count). The SMILES string of the molecule is c1ccc(N(c2ccc(-c3cccc4c3sc3c4ccc4sc5ccccc5c43)cc2)c2cccc3c2-c2ccccc2C3(c2ccccc2)c2ccccc2)cc1. The van der Waals surface area contributed by atoms with E-state index in [9.17, 15) is 0 Å². The first-order chi connectivity index (χ1) is 28.8. The van der Waals surface area contributed by atoms with Crippen molar-refractivity contribution in [2.75, 3.05) is 4.90 Å². The minimum Gasteiger partial charge on any atom is -0.310 e. The van der Waals surface area contributed by atoms with Crippen LogP contribution in [-0.2, 0) is 5.41 Å². The third-order valence-electron chi connectivity index (χ3n) is 12.2. The van der Waals surface area contributed by atoms with E-state index in [1.54, 1.807) is 0 Å². The van der Waals surface area contributed by atoms with Gasteiger partial charge in [-0.15, -0.1) is 22.7 Å². The Morgan fingerprint density at radius 1 is 0.362 bits per heavy atom. The molecule has 0 saturated carbocycles. The second kappa shape index (κ2) is 13.1. The summed E-state index contributed by atoms with van der Waals surface area (Å²) in [5, 5.41) is 5.40. The first-order valence-corrected chi connectivity index (χ1v) is 21.5. The fraction of sp³-hybridized carbons (Fsp3) is 0.0182. The molecule has 0 amide bonds. The molecular formula is C55H35NS2. The van der Waals surface area contributed by atoms with Crippen molar-refractivity contribution in [1.82, 2.24) is 0 Å². The molecule has 58 heavy (non-hydrogen) atoms. The minimum atomic E-state index is -0.472. The molecule has 2 heterocycles. The van der Waals surface area contributed by atoms with Gasteiger partial charge in [0.05, 0.1) is 11.1 Å². The van der Waals surface area contributed by atoms with Crippen LogP contribution in [0.5, 0.6) is 0 Å². The lowest BCUT2D eigenvalue weighted by atomic mass is 9.68. The van der Waals surface area contributed by atoms with Gasteiger partial charge in [0.15, 0.2) is 0 Å². The Balaban J connectivity index is 1.04. The van der Waals surface area contributed by atoms with E-state index in [0.29, 0.717) is 0 Å². The molecule has 9 aromatic carbocycles. The van der Waals surface area contributed by atoms with Gasteiger partial charge in [-0.2, -0.15) is 0 Å².